The van der Waals surface area contributed by atoms with Gasteiger partial charge in [0.05, 0.1) is 0 Å². The van der Waals surface area contributed by atoms with Crippen LogP contribution in [0.5, 0.6) is 0 Å². The van der Waals surface area contributed by atoms with Crippen LogP contribution in [0.1, 0.15) is 53.8 Å². The molecule has 18 heavy (non-hydrogen) atoms. The van der Waals surface area contributed by atoms with Gasteiger partial charge < -0.3 is 5.11 Å². The molecular formula is C15H18O2S. The van der Waals surface area contributed by atoms with Crippen LogP contribution in [0.4, 0.5) is 0 Å². The highest BCUT2D eigenvalue weighted by Gasteiger charge is 2.52. The summed E-state index contributed by atoms with van der Waals surface area (Å²) < 4.78 is 0. The standard InChI is InChI=1S/C15H18O2S/c16-14(17)13-12(1-2-18-13)15-6-9-3-10(7-15)5-11(4-9)8-15/h1-2,9-11H,3-8H2,(H,16,17). The molecule has 0 amide bonds. The van der Waals surface area contributed by atoms with Crippen molar-refractivity contribution < 1.29 is 9.90 Å². The quantitative estimate of drug-likeness (QED) is 0.877. The third-order valence-electron chi connectivity index (χ3n) is 5.47. The Kier molecular flexibility index (Phi) is 2.20. The van der Waals surface area contributed by atoms with Gasteiger partial charge in [-0.1, -0.05) is 0 Å². The Morgan fingerprint density at radius 2 is 1.72 bits per heavy atom. The molecule has 5 rings (SSSR count). The normalized spacial score (nSPS) is 41.2. The largest absolute Gasteiger partial charge is 0.477 e. The fourth-order valence-electron chi connectivity index (χ4n) is 5.33. The number of thiophene rings is 1. The van der Waals surface area contributed by atoms with Gasteiger partial charge in [-0.2, -0.15) is 0 Å². The molecule has 2 nitrogen and oxygen atoms in total. The average molecular weight is 262 g/mol. The molecule has 3 heteroatoms. The maximum atomic E-state index is 11.4. The predicted molar refractivity (Wildman–Crippen MR) is 71.1 cm³/mol. The topological polar surface area (TPSA) is 37.3 Å². The lowest BCUT2D eigenvalue weighted by Crippen LogP contribution is -2.48. The summed E-state index contributed by atoms with van der Waals surface area (Å²) in [6.45, 7) is 0. The molecule has 1 aromatic heterocycles. The Morgan fingerprint density at radius 1 is 1.17 bits per heavy atom. The highest BCUT2D eigenvalue weighted by atomic mass is 32.1. The van der Waals surface area contributed by atoms with Crippen LogP contribution in [0.3, 0.4) is 0 Å². The summed E-state index contributed by atoms with van der Waals surface area (Å²) >= 11 is 1.41. The summed E-state index contributed by atoms with van der Waals surface area (Å²) in [6, 6.07) is 2.10. The van der Waals surface area contributed by atoms with E-state index < -0.39 is 5.97 Å². The van der Waals surface area contributed by atoms with E-state index in [-0.39, 0.29) is 5.41 Å². The minimum absolute atomic E-state index is 0.225. The smallest absolute Gasteiger partial charge is 0.346 e. The van der Waals surface area contributed by atoms with E-state index in [2.05, 4.69) is 6.07 Å². The van der Waals surface area contributed by atoms with Crippen molar-refractivity contribution in [2.24, 2.45) is 17.8 Å². The van der Waals surface area contributed by atoms with Gasteiger partial charge in [0.1, 0.15) is 4.88 Å². The number of hydrogen-bond donors (Lipinski definition) is 1. The van der Waals surface area contributed by atoms with Crippen LogP contribution in [0, 0.1) is 17.8 Å². The minimum atomic E-state index is -0.726. The zero-order valence-electron chi connectivity index (χ0n) is 10.4. The Hall–Kier alpha value is -0.830. The van der Waals surface area contributed by atoms with E-state index >= 15 is 0 Å². The van der Waals surface area contributed by atoms with Crippen LogP contribution >= 0.6 is 11.3 Å². The van der Waals surface area contributed by atoms with Gasteiger partial charge in [0, 0.05) is 0 Å². The first-order valence-corrected chi connectivity index (χ1v) is 7.85. The zero-order valence-corrected chi connectivity index (χ0v) is 11.2. The monoisotopic (exact) mass is 262 g/mol. The average Bonchev–Trinajstić information content (AvgIpc) is 2.76. The van der Waals surface area contributed by atoms with Crippen LogP contribution in [0.25, 0.3) is 0 Å². The molecule has 1 aromatic rings. The van der Waals surface area contributed by atoms with E-state index in [0.29, 0.717) is 4.88 Å². The van der Waals surface area contributed by atoms with Gasteiger partial charge in [-0.25, -0.2) is 4.79 Å². The second kappa shape index (κ2) is 3.60. The fourth-order valence-corrected chi connectivity index (χ4v) is 6.19. The fraction of sp³-hybridized carbons (Fsp3) is 0.667. The Bertz CT molecular complexity index is 467. The number of hydrogen-bond acceptors (Lipinski definition) is 2. The maximum Gasteiger partial charge on any atom is 0.346 e. The van der Waals surface area contributed by atoms with Gasteiger partial charge in [-0.3, -0.25) is 0 Å². The van der Waals surface area contributed by atoms with Crippen molar-refractivity contribution in [2.45, 2.75) is 43.9 Å². The molecule has 4 saturated carbocycles. The molecule has 0 unspecified atom stereocenters. The Labute approximate surface area is 111 Å². The van der Waals surface area contributed by atoms with Gasteiger partial charge in [0.2, 0.25) is 0 Å². The van der Waals surface area contributed by atoms with E-state index in [1.54, 1.807) is 0 Å². The molecule has 1 N–H and O–H groups in total. The lowest BCUT2D eigenvalue weighted by molar-refractivity contribution is -0.00556. The van der Waals surface area contributed by atoms with Crippen LogP contribution in [-0.4, -0.2) is 11.1 Å². The summed E-state index contributed by atoms with van der Waals surface area (Å²) in [6.07, 6.45) is 7.96. The van der Waals surface area contributed by atoms with Crippen molar-refractivity contribution >= 4 is 17.3 Å². The minimum Gasteiger partial charge on any atom is -0.477 e. The molecule has 4 bridgehead atoms. The number of rotatable bonds is 2. The van der Waals surface area contributed by atoms with E-state index in [9.17, 15) is 9.90 Å². The van der Waals surface area contributed by atoms with Crippen LogP contribution in [0.15, 0.2) is 11.4 Å². The molecule has 1 heterocycles. The first-order valence-electron chi connectivity index (χ1n) is 6.97. The van der Waals surface area contributed by atoms with Crippen molar-refractivity contribution in [1.29, 1.82) is 0 Å². The van der Waals surface area contributed by atoms with E-state index in [1.807, 2.05) is 5.38 Å². The van der Waals surface area contributed by atoms with Crippen LogP contribution < -0.4 is 0 Å². The van der Waals surface area contributed by atoms with Crippen LogP contribution in [-0.2, 0) is 5.41 Å². The second-order valence-corrected chi connectivity index (χ2v) is 7.58. The van der Waals surface area contributed by atoms with Crippen molar-refractivity contribution in [1.82, 2.24) is 0 Å². The maximum absolute atomic E-state index is 11.4. The van der Waals surface area contributed by atoms with Gasteiger partial charge >= 0.3 is 5.97 Å². The van der Waals surface area contributed by atoms with Gasteiger partial charge in [0.25, 0.3) is 0 Å². The molecule has 0 aromatic carbocycles. The SMILES string of the molecule is O=C(O)c1sccc1C12CC3CC(CC(C3)C1)C2. The molecule has 0 spiro atoms. The number of carbonyl (C=O) groups is 1. The van der Waals surface area contributed by atoms with E-state index in [1.165, 1.54) is 55.4 Å². The molecule has 96 valence electrons. The molecular weight excluding hydrogens is 244 g/mol. The van der Waals surface area contributed by atoms with Crippen LogP contribution in [0.2, 0.25) is 0 Å². The van der Waals surface area contributed by atoms with Crippen molar-refractivity contribution in [3.8, 4) is 0 Å². The molecule has 0 radical (unpaired) electrons. The zero-order chi connectivity index (χ0) is 12.3. The highest BCUT2D eigenvalue weighted by Crippen LogP contribution is 2.61. The summed E-state index contributed by atoms with van der Waals surface area (Å²) in [4.78, 5) is 12.0. The molecule has 0 aliphatic heterocycles. The Morgan fingerprint density at radius 3 is 2.22 bits per heavy atom. The summed E-state index contributed by atoms with van der Waals surface area (Å²) in [5, 5.41) is 11.3. The Balaban J connectivity index is 1.79. The van der Waals surface area contributed by atoms with Gasteiger partial charge in [-0.15, -0.1) is 11.3 Å². The third-order valence-corrected chi connectivity index (χ3v) is 6.37. The van der Waals surface area contributed by atoms with Crippen molar-refractivity contribution in [3.05, 3.63) is 21.9 Å². The molecule has 0 saturated heterocycles. The number of carboxylic acid groups (broad SMARTS) is 1. The predicted octanol–water partition coefficient (Wildman–Crippen LogP) is 3.91. The third kappa shape index (κ3) is 1.43. The van der Waals surface area contributed by atoms with Gasteiger partial charge in [0.15, 0.2) is 0 Å². The molecule has 4 aliphatic rings. The van der Waals surface area contributed by atoms with Crippen molar-refractivity contribution in [3.63, 3.8) is 0 Å². The van der Waals surface area contributed by atoms with E-state index in [4.69, 9.17) is 0 Å². The highest BCUT2D eigenvalue weighted by molar-refractivity contribution is 7.12. The summed E-state index contributed by atoms with van der Waals surface area (Å²) in [5.74, 6) is 1.89. The van der Waals surface area contributed by atoms with Crippen molar-refractivity contribution in [2.75, 3.05) is 0 Å². The number of aromatic carboxylic acids is 1. The number of carboxylic acids is 1. The lowest BCUT2D eigenvalue weighted by atomic mass is 9.48. The first kappa shape index (κ1) is 11.0. The van der Waals surface area contributed by atoms with Gasteiger partial charge in [-0.05, 0) is 78.7 Å². The lowest BCUT2D eigenvalue weighted by Gasteiger charge is -2.57. The summed E-state index contributed by atoms with van der Waals surface area (Å²) in [5.41, 5.74) is 1.39. The first-order chi connectivity index (χ1) is 8.66. The second-order valence-electron chi connectivity index (χ2n) is 6.67. The summed E-state index contributed by atoms with van der Waals surface area (Å²) in [7, 11) is 0. The molecule has 0 atom stereocenters. The molecule has 4 aliphatic carbocycles. The van der Waals surface area contributed by atoms with E-state index in [0.717, 1.165) is 17.8 Å². The molecule has 4 fully saturated rings.